The molecule has 0 saturated carbocycles. The second kappa shape index (κ2) is 3.79. The largest absolute Gasteiger partial charge is 0.397 e. The molecule has 0 saturated heterocycles. The summed E-state index contributed by atoms with van der Waals surface area (Å²) in [6, 6.07) is 5.52. The predicted octanol–water partition coefficient (Wildman–Crippen LogP) is 2.75. The Morgan fingerprint density at radius 3 is 2.83 bits per heavy atom. The first kappa shape index (κ1) is 9.37. The summed E-state index contributed by atoms with van der Waals surface area (Å²) in [5.41, 5.74) is 6.92. The molecule has 62 valence electrons. The van der Waals surface area contributed by atoms with Crippen LogP contribution in [0.3, 0.4) is 0 Å². The number of rotatable bonds is 1. The smallest absolute Gasteiger partial charge is 0.0780 e. The highest BCUT2D eigenvalue weighted by Crippen LogP contribution is 2.31. The summed E-state index contributed by atoms with van der Waals surface area (Å²) in [6.07, 6.45) is 0.334. The Morgan fingerprint density at radius 1 is 1.58 bits per heavy atom. The fourth-order valence-electron chi connectivity index (χ4n) is 0.826. The lowest BCUT2D eigenvalue weighted by atomic mass is 10.1. The van der Waals surface area contributed by atoms with Gasteiger partial charge in [0.1, 0.15) is 0 Å². The molecule has 0 bridgehead atoms. The Kier molecular flexibility index (Phi) is 2.96. The normalized spacial score (nSPS) is 9.42. The minimum absolute atomic E-state index is 0.334. The molecule has 0 spiro atoms. The maximum atomic E-state index is 8.46. The van der Waals surface area contributed by atoms with Gasteiger partial charge in [-0.05, 0) is 27.6 Å². The molecule has 0 aliphatic rings. The highest BCUT2D eigenvalue weighted by atomic mass is 79.9. The lowest BCUT2D eigenvalue weighted by molar-refractivity contribution is 1.25. The van der Waals surface area contributed by atoms with Crippen molar-refractivity contribution in [3.05, 3.63) is 27.2 Å². The summed E-state index contributed by atoms with van der Waals surface area (Å²) >= 11 is 9.11. The number of benzene rings is 1. The van der Waals surface area contributed by atoms with Crippen molar-refractivity contribution in [1.82, 2.24) is 0 Å². The number of nitrogen functional groups attached to an aromatic ring is 1. The molecular weight excluding hydrogens is 239 g/mol. The lowest BCUT2D eigenvalue weighted by Gasteiger charge is -2.04. The monoisotopic (exact) mass is 244 g/mol. The van der Waals surface area contributed by atoms with E-state index in [-0.39, 0.29) is 0 Å². The van der Waals surface area contributed by atoms with Crippen molar-refractivity contribution in [2.75, 3.05) is 5.73 Å². The number of nitrogens with zero attached hydrogens (tertiary/aromatic N) is 1. The van der Waals surface area contributed by atoms with Gasteiger partial charge in [0, 0.05) is 4.47 Å². The molecule has 0 aliphatic heterocycles. The molecule has 0 atom stereocenters. The van der Waals surface area contributed by atoms with E-state index in [0.29, 0.717) is 21.6 Å². The minimum atomic E-state index is 0.334. The van der Waals surface area contributed by atoms with Gasteiger partial charge in [-0.2, -0.15) is 5.26 Å². The highest BCUT2D eigenvalue weighted by Gasteiger charge is 2.06. The van der Waals surface area contributed by atoms with Gasteiger partial charge in [0.15, 0.2) is 0 Å². The van der Waals surface area contributed by atoms with Crippen molar-refractivity contribution in [2.45, 2.75) is 6.42 Å². The maximum absolute atomic E-state index is 8.46. The van der Waals surface area contributed by atoms with Gasteiger partial charge in [-0.3, -0.25) is 0 Å². The third-order valence-corrected chi connectivity index (χ3v) is 3.00. The maximum Gasteiger partial charge on any atom is 0.0780 e. The van der Waals surface area contributed by atoms with Gasteiger partial charge in [-0.15, -0.1) is 0 Å². The van der Waals surface area contributed by atoms with E-state index in [1.165, 1.54) is 0 Å². The van der Waals surface area contributed by atoms with Crippen LogP contribution in [-0.2, 0) is 6.42 Å². The van der Waals surface area contributed by atoms with Crippen LogP contribution in [0.25, 0.3) is 0 Å². The second-order valence-electron chi connectivity index (χ2n) is 2.28. The SMILES string of the molecule is N#CCc1ccc(N)c(Cl)c1Br. The van der Waals surface area contributed by atoms with Crippen molar-refractivity contribution in [1.29, 1.82) is 5.26 Å². The van der Waals surface area contributed by atoms with Crippen molar-refractivity contribution < 1.29 is 0 Å². The zero-order valence-electron chi connectivity index (χ0n) is 6.14. The summed E-state index contributed by atoms with van der Waals surface area (Å²) in [7, 11) is 0. The quantitative estimate of drug-likeness (QED) is 0.774. The molecule has 0 aliphatic carbocycles. The number of nitrogens with two attached hydrogens (primary N) is 1. The Bertz CT molecular complexity index is 344. The third-order valence-electron chi connectivity index (χ3n) is 1.46. The first-order valence-electron chi connectivity index (χ1n) is 3.26. The third kappa shape index (κ3) is 1.71. The minimum Gasteiger partial charge on any atom is -0.397 e. The van der Waals surface area contributed by atoms with E-state index < -0.39 is 0 Å². The average Bonchev–Trinajstić information content (AvgIpc) is 2.07. The Morgan fingerprint density at radius 2 is 2.25 bits per heavy atom. The van der Waals surface area contributed by atoms with Crippen molar-refractivity contribution in [3.63, 3.8) is 0 Å². The van der Waals surface area contributed by atoms with E-state index >= 15 is 0 Å². The molecule has 1 aromatic rings. The Hall–Kier alpha value is -0.720. The van der Waals surface area contributed by atoms with Crippen LogP contribution in [0.1, 0.15) is 5.56 Å². The van der Waals surface area contributed by atoms with Crippen molar-refractivity contribution >= 4 is 33.2 Å². The fourth-order valence-corrected chi connectivity index (χ4v) is 1.51. The number of halogens is 2. The number of hydrogen-bond acceptors (Lipinski definition) is 2. The van der Waals surface area contributed by atoms with Gasteiger partial charge >= 0.3 is 0 Å². The Balaban J connectivity index is 3.19. The molecule has 4 heteroatoms. The van der Waals surface area contributed by atoms with Gasteiger partial charge < -0.3 is 5.73 Å². The van der Waals surface area contributed by atoms with Gasteiger partial charge in [0.25, 0.3) is 0 Å². The Labute approximate surface area is 84.1 Å². The van der Waals surface area contributed by atoms with E-state index in [9.17, 15) is 0 Å². The van der Waals surface area contributed by atoms with Crippen LogP contribution in [0, 0.1) is 11.3 Å². The zero-order chi connectivity index (χ0) is 9.14. The van der Waals surface area contributed by atoms with Gasteiger partial charge in [0.2, 0.25) is 0 Å². The van der Waals surface area contributed by atoms with Gasteiger partial charge in [-0.25, -0.2) is 0 Å². The molecule has 0 heterocycles. The highest BCUT2D eigenvalue weighted by molar-refractivity contribution is 9.10. The summed E-state index contributed by atoms with van der Waals surface area (Å²) in [6.45, 7) is 0. The molecule has 0 radical (unpaired) electrons. The van der Waals surface area contributed by atoms with Crippen LogP contribution in [0.5, 0.6) is 0 Å². The first-order valence-corrected chi connectivity index (χ1v) is 4.43. The van der Waals surface area contributed by atoms with Crippen LogP contribution in [-0.4, -0.2) is 0 Å². The van der Waals surface area contributed by atoms with E-state index in [4.69, 9.17) is 22.6 Å². The summed E-state index contributed by atoms with van der Waals surface area (Å²) in [5.74, 6) is 0. The summed E-state index contributed by atoms with van der Waals surface area (Å²) < 4.78 is 0.714. The average molecular weight is 246 g/mol. The molecule has 1 rings (SSSR count). The first-order chi connectivity index (χ1) is 5.66. The predicted molar refractivity (Wildman–Crippen MR) is 52.9 cm³/mol. The topological polar surface area (TPSA) is 49.8 Å². The zero-order valence-corrected chi connectivity index (χ0v) is 8.48. The van der Waals surface area contributed by atoms with Crippen LogP contribution in [0.2, 0.25) is 5.02 Å². The van der Waals surface area contributed by atoms with Crippen LogP contribution in [0.4, 0.5) is 5.69 Å². The summed E-state index contributed by atoms with van der Waals surface area (Å²) in [4.78, 5) is 0. The van der Waals surface area contributed by atoms with Crippen molar-refractivity contribution in [3.8, 4) is 6.07 Å². The number of anilines is 1. The molecular formula is C8H6BrClN2. The standard InChI is InChI=1S/C8H6BrClN2/c9-7-5(3-4-11)1-2-6(12)8(7)10/h1-2H,3,12H2. The van der Waals surface area contributed by atoms with Crippen molar-refractivity contribution in [2.24, 2.45) is 0 Å². The van der Waals surface area contributed by atoms with E-state index in [1.54, 1.807) is 12.1 Å². The van der Waals surface area contributed by atoms with E-state index in [2.05, 4.69) is 15.9 Å². The van der Waals surface area contributed by atoms with Crippen LogP contribution in [0.15, 0.2) is 16.6 Å². The second-order valence-corrected chi connectivity index (χ2v) is 3.45. The van der Waals surface area contributed by atoms with E-state index in [1.807, 2.05) is 6.07 Å². The van der Waals surface area contributed by atoms with E-state index in [0.717, 1.165) is 5.56 Å². The number of hydrogen-bond donors (Lipinski definition) is 1. The molecule has 1 aromatic carbocycles. The lowest BCUT2D eigenvalue weighted by Crippen LogP contribution is -1.91. The van der Waals surface area contributed by atoms with Gasteiger partial charge in [0.05, 0.1) is 23.2 Å². The molecule has 2 nitrogen and oxygen atoms in total. The molecule has 0 amide bonds. The molecule has 0 fully saturated rings. The van der Waals surface area contributed by atoms with Crippen LogP contribution >= 0.6 is 27.5 Å². The molecule has 0 aromatic heterocycles. The molecule has 2 N–H and O–H groups in total. The molecule has 0 unspecified atom stereocenters. The van der Waals surface area contributed by atoms with Crippen LogP contribution < -0.4 is 5.73 Å². The van der Waals surface area contributed by atoms with Gasteiger partial charge in [-0.1, -0.05) is 17.7 Å². The molecule has 12 heavy (non-hydrogen) atoms. The summed E-state index contributed by atoms with van der Waals surface area (Å²) in [5, 5.41) is 8.93. The number of nitriles is 1. The fraction of sp³-hybridized carbons (Fsp3) is 0.125.